The van der Waals surface area contributed by atoms with E-state index in [1.807, 2.05) is 33.8 Å². The van der Waals surface area contributed by atoms with Gasteiger partial charge in [-0.2, -0.15) is 0 Å². The highest BCUT2D eigenvalue weighted by Crippen LogP contribution is 2.33. The van der Waals surface area contributed by atoms with Crippen LogP contribution in [0.2, 0.25) is 5.02 Å². The molecule has 132 valence electrons. The third-order valence-electron chi connectivity index (χ3n) is 3.09. The molecule has 8 heteroatoms. The Hall–Kier alpha value is -0.860. The normalized spacial score (nSPS) is 12.6. The van der Waals surface area contributed by atoms with Crippen LogP contribution in [0.3, 0.4) is 0 Å². The Bertz CT molecular complexity index is 656. The molecule has 24 heavy (non-hydrogen) atoms. The van der Waals surface area contributed by atoms with Gasteiger partial charge in [0.25, 0.3) is 0 Å². The zero-order chi connectivity index (χ0) is 17.7. The van der Waals surface area contributed by atoms with Crippen molar-refractivity contribution in [2.24, 2.45) is 0 Å². The van der Waals surface area contributed by atoms with Gasteiger partial charge in [0.2, 0.25) is 5.13 Å². The minimum Gasteiger partial charge on any atom is -0.390 e. The van der Waals surface area contributed by atoms with E-state index in [0.29, 0.717) is 22.5 Å². The topological polar surface area (TPSA) is 67.3 Å². The van der Waals surface area contributed by atoms with E-state index in [9.17, 15) is 5.11 Å². The standard InChI is InChI=1S/C16H22ClN3O2S2/c1-9(2)22-7-12(21)8-23-16-20-19-15(24-16)18-14-11(4)5-10(3)6-13(14)17/h5-6,9,12,21H,7-8H2,1-4H3,(H,18,19). The average molecular weight is 388 g/mol. The van der Waals surface area contributed by atoms with Gasteiger partial charge in [0.05, 0.1) is 29.5 Å². The van der Waals surface area contributed by atoms with Gasteiger partial charge >= 0.3 is 0 Å². The minimum atomic E-state index is -0.522. The molecule has 0 aliphatic rings. The Balaban J connectivity index is 1.92. The van der Waals surface area contributed by atoms with Gasteiger partial charge in [0.15, 0.2) is 4.34 Å². The van der Waals surface area contributed by atoms with Crippen molar-refractivity contribution in [1.29, 1.82) is 0 Å². The van der Waals surface area contributed by atoms with E-state index in [1.165, 1.54) is 23.1 Å². The average Bonchev–Trinajstić information content (AvgIpc) is 2.94. The highest BCUT2D eigenvalue weighted by molar-refractivity contribution is 8.01. The molecular weight excluding hydrogens is 366 g/mol. The number of ether oxygens (including phenoxy) is 1. The second kappa shape index (κ2) is 9.01. The number of nitrogens with zero attached hydrogens (tertiary/aromatic N) is 2. The molecule has 0 radical (unpaired) electrons. The van der Waals surface area contributed by atoms with Gasteiger partial charge in [-0.1, -0.05) is 40.8 Å². The molecule has 0 spiro atoms. The molecule has 0 saturated heterocycles. The molecule has 1 heterocycles. The molecule has 0 saturated carbocycles. The van der Waals surface area contributed by atoms with Crippen molar-refractivity contribution in [3.05, 3.63) is 28.3 Å². The van der Waals surface area contributed by atoms with E-state index in [4.69, 9.17) is 16.3 Å². The predicted molar refractivity (Wildman–Crippen MR) is 102 cm³/mol. The summed E-state index contributed by atoms with van der Waals surface area (Å²) in [4.78, 5) is 0. The van der Waals surface area contributed by atoms with Gasteiger partial charge in [-0.05, 0) is 44.9 Å². The van der Waals surface area contributed by atoms with Crippen molar-refractivity contribution in [1.82, 2.24) is 10.2 Å². The van der Waals surface area contributed by atoms with Gasteiger partial charge in [0, 0.05) is 5.75 Å². The first-order valence-electron chi connectivity index (χ1n) is 7.65. The summed E-state index contributed by atoms with van der Waals surface area (Å²) in [6.45, 7) is 8.23. The van der Waals surface area contributed by atoms with Gasteiger partial charge < -0.3 is 15.2 Å². The molecule has 1 unspecified atom stereocenters. The molecule has 2 aromatic rings. The van der Waals surface area contributed by atoms with E-state index in [1.54, 1.807) is 0 Å². The molecule has 0 fully saturated rings. The van der Waals surface area contributed by atoms with Crippen molar-refractivity contribution in [2.75, 3.05) is 17.7 Å². The van der Waals surface area contributed by atoms with Crippen molar-refractivity contribution in [3.63, 3.8) is 0 Å². The number of aliphatic hydroxyl groups is 1. The maximum atomic E-state index is 9.88. The van der Waals surface area contributed by atoms with E-state index < -0.39 is 6.10 Å². The third kappa shape index (κ3) is 5.89. The lowest BCUT2D eigenvalue weighted by molar-refractivity contribution is 0.0152. The lowest BCUT2D eigenvalue weighted by Crippen LogP contribution is -2.20. The fourth-order valence-electron chi connectivity index (χ4n) is 2.02. The van der Waals surface area contributed by atoms with Crippen molar-refractivity contribution in [2.45, 2.75) is 44.2 Å². The number of aromatic nitrogens is 2. The van der Waals surface area contributed by atoms with Crippen LogP contribution in [0.5, 0.6) is 0 Å². The second-order valence-corrected chi connectivity index (χ2v) is 8.44. The Labute approximate surface area is 155 Å². The monoisotopic (exact) mass is 387 g/mol. The summed E-state index contributed by atoms with van der Waals surface area (Å²) in [6.07, 6.45) is -0.407. The molecule has 0 amide bonds. The molecular formula is C16H22ClN3O2S2. The summed E-state index contributed by atoms with van der Waals surface area (Å²) in [5.41, 5.74) is 3.03. The third-order valence-corrected chi connectivity index (χ3v) is 5.51. The van der Waals surface area contributed by atoms with E-state index in [0.717, 1.165) is 21.2 Å². The largest absolute Gasteiger partial charge is 0.390 e. The maximum absolute atomic E-state index is 9.88. The van der Waals surface area contributed by atoms with Crippen LogP contribution in [0.25, 0.3) is 0 Å². The SMILES string of the molecule is Cc1cc(C)c(Nc2nnc(SCC(O)COC(C)C)s2)c(Cl)c1. The molecule has 2 N–H and O–H groups in total. The Kier molecular flexibility index (Phi) is 7.31. The summed E-state index contributed by atoms with van der Waals surface area (Å²) in [5.74, 6) is 0.520. The van der Waals surface area contributed by atoms with Crippen LogP contribution < -0.4 is 5.32 Å². The van der Waals surface area contributed by atoms with Crippen molar-refractivity contribution in [3.8, 4) is 0 Å². The van der Waals surface area contributed by atoms with Gasteiger partial charge in [-0.3, -0.25) is 0 Å². The van der Waals surface area contributed by atoms with Crippen LogP contribution in [0.4, 0.5) is 10.8 Å². The van der Waals surface area contributed by atoms with Crippen LogP contribution in [-0.2, 0) is 4.74 Å². The number of anilines is 2. The molecule has 0 aliphatic carbocycles. The summed E-state index contributed by atoms with van der Waals surface area (Å²) in [7, 11) is 0. The number of thioether (sulfide) groups is 1. The fourth-order valence-corrected chi connectivity index (χ4v) is 4.08. The lowest BCUT2D eigenvalue weighted by atomic mass is 10.1. The van der Waals surface area contributed by atoms with Crippen LogP contribution in [-0.4, -0.2) is 39.9 Å². The first-order valence-corrected chi connectivity index (χ1v) is 9.83. The van der Waals surface area contributed by atoms with Gasteiger partial charge in [-0.25, -0.2) is 0 Å². The number of aliphatic hydroxyl groups excluding tert-OH is 1. The lowest BCUT2D eigenvalue weighted by Gasteiger charge is -2.12. The molecule has 5 nitrogen and oxygen atoms in total. The fraction of sp³-hybridized carbons (Fsp3) is 0.500. The second-order valence-electron chi connectivity index (χ2n) is 5.78. The molecule has 0 bridgehead atoms. The number of halogens is 1. The number of aryl methyl sites for hydroxylation is 2. The first kappa shape index (κ1) is 19.5. The Morgan fingerprint density at radius 3 is 2.75 bits per heavy atom. The summed E-state index contributed by atoms with van der Waals surface area (Å²) < 4.78 is 6.18. The Morgan fingerprint density at radius 2 is 2.08 bits per heavy atom. The predicted octanol–water partition coefficient (Wildman–Crippen LogP) is 4.43. The number of nitrogens with one attached hydrogen (secondary N) is 1. The van der Waals surface area contributed by atoms with Gasteiger partial charge in [0.1, 0.15) is 0 Å². The molecule has 1 aromatic carbocycles. The quantitative estimate of drug-likeness (QED) is 0.653. The van der Waals surface area contributed by atoms with Crippen LogP contribution >= 0.6 is 34.7 Å². The van der Waals surface area contributed by atoms with Crippen LogP contribution in [0.15, 0.2) is 16.5 Å². The highest BCUT2D eigenvalue weighted by atomic mass is 35.5. The molecule has 0 aliphatic heterocycles. The Morgan fingerprint density at radius 1 is 1.33 bits per heavy atom. The summed E-state index contributed by atoms with van der Waals surface area (Å²) in [5, 5.41) is 22.7. The summed E-state index contributed by atoms with van der Waals surface area (Å²) in [6, 6.07) is 3.98. The van der Waals surface area contributed by atoms with E-state index in [-0.39, 0.29) is 6.10 Å². The molecule has 2 rings (SSSR count). The number of hydrogen-bond acceptors (Lipinski definition) is 7. The molecule has 1 atom stereocenters. The number of rotatable bonds is 8. The van der Waals surface area contributed by atoms with Crippen LogP contribution in [0, 0.1) is 13.8 Å². The van der Waals surface area contributed by atoms with Crippen molar-refractivity contribution < 1.29 is 9.84 Å². The highest BCUT2D eigenvalue weighted by Gasteiger charge is 2.12. The molecule has 1 aromatic heterocycles. The number of hydrogen-bond donors (Lipinski definition) is 2. The van der Waals surface area contributed by atoms with Gasteiger partial charge in [-0.15, -0.1) is 10.2 Å². The van der Waals surface area contributed by atoms with E-state index >= 15 is 0 Å². The zero-order valence-electron chi connectivity index (χ0n) is 14.2. The maximum Gasteiger partial charge on any atom is 0.210 e. The van der Waals surface area contributed by atoms with Crippen molar-refractivity contribution >= 4 is 45.5 Å². The number of benzene rings is 1. The minimum absolute atomic E-state index is 0.115. The summed E-state index contributed by atoms with van der Waals surface area (Å²) >= 11 is 9.20. The zero-order valence-corrected chi connectivity index (χ0v) is 16.6. The first-order chi connectivity index (χ1) is 11.3. The smallest absolute Gasteiger partial charge is 0.210 e. The van der Waals surface area contributed by atoms with Crippen LogP contribution in [0.1, 0.15) is 25.0 Å². The van der Waals surface area contributed by atoms with E-state index in [2.05, 4.69) is 21.6 Å².